The molecule has 1 saturated heterocycles. The molecule has 2 amide bonds. The summed E-state index contributed by atoms with van der Waals surface area (Å²) in [6.45, 7) is 7.54. The number of piperidine rings is 1. The van der Waals surface area contributed by atoms with Crippen LogP contribution in [0, 0.1) is 10.1 Å². The van der Waals surface area contributed by atoms with E-state index in [2.05, 4.69) is 15.5 Å². The van der Waals surface area contributed by atoms with Crippen molar-refractivity contribution in [1.82, 2.24) is 10.2 Å². The molecule has 166 valence electrons. The third-order valence-electron chi connectivity index (χ3n) is 4.63. The molecule has 1 fully saturated rings. The first-order valence-electron chi connectivity index (χ1n) is 9.91. The summed E-state index contributed by atoms with van der Waals surface area (Å²) >= 11 is 0. The van der Waals surface area contributed by atoms with Gasteiger partial charge in [0.15, 0.2) is 0 Å². The van der Waals surface area contributed by atoms with Gasteiger partial charge in [-0.3, -0.25) is 14.9 Å². The van der Waals surface area contributed by atoms with Crippen molar-refractivity contribution in [2.75, 3.05) is 32.1 Å². The standard InChI is InChI=1S/C20H30N4O6/c1-20(2,3)30-19(26)21-14-7-10-23(11-8-14)12-9-18(25)22-16-13-15(24(27)28)5-6-17(16)29-4/h5-6,13-14H,7-12H2,1-4H3,(H,21,26)(H,22,25). The van der Waals surface area contributed by atoms with Crippen molar-refractivity contribution in [2.24, 2.45) is 0 Å². The number of likely N-dealkylation sites (tertiary alicyclic amines) is 1. The Morgan fingerprint density at radius 3 is 2.50 bits per heavy atom. The second-order valence-electron chi connectivity index (χ2n) is 8.20. The van der Waals surface area contributed by atoms with Gasteiger partial charge in [-0.05, 0) is 39.7 Å². The second kappa shape index (κ2) is 10.2. The third-order valence-corrected chi connectivity index (χ3v) is 4.63. The first-order valence-corrected chi connectivity index (χ1v) is 9.91. The average Bonchev–Trinajstić information content (AvgIpc) is 2.65. The van der Waals surface area contributed by atoms with Crippen LogP contribution in [0.2, 0.25) is 0 Å². The Hall–Kier alpha value is -2.88. The van der Waals surface area contributed by atoms with Gasteiger partial charge in [0.2, 0.25) is 5.91 Å². The van der Waals surface area contributed by atoms with Crippen LogP contribution in [-0.4, -0.2) is 60.2 Å². The average molecular weight is 422 g/mol. The van der Waals surface area contributed by atoms with E-state index in [0.717, 1.165) is 25.9 Å². The van der Waals surface area contributed by atoms with E-state index in [1.165, 1.54) is 25.3 Å². The molecule has 0 aliphatic carbocycles. The lowest BCUT2D eigenvalue weighted by atomic mass is 10.1. The van der Waals surface area contributed by atoms with E-state index >= 15 is 0 Å². The molecule has 0 spiro atoms. The lowest BCUT2D eigenvalue weighted by molar-refractivity contribution is -0.384. The number of rotatable bonds is 7. The molecule has 10 nitrogen and oxygen atoms in total. The highest BCUT2D eigenvalue weighted by molar-refractivity contribution is 5.92. The Labute approximate surface area is 176 Å². The number of nitrogens with one attached hydrogen (secondary N) is 2. The van der Waals surface area contributed by atoms with Gasteiger partial charge in [-0.15, -0.1) is 0 Å². The van der Waals surface area contributed by atoms with Crippen LogP contribution >= 0.6 is 0 Å². The Kier molecular flexibility index (Phi) is 7.99. The third kappa shape index (κ3) is 7.51. The summed E-state index contributed by atoms with van der Waals surface area (Å²) < 4.78 is 10.4. The van der Waals surface area contributed by atoms with E-state index < -0.39 is 16.6 Å². The molecule has 0 saturated carbocycles. The fourth-order valence-corrected chi connectivity index (χ4v) is 3.15. The number of hydrogen-bond acceptors (Lipinski definition) is 7. The van der Waals surface area contributed by atoms with E-state index in [-0.39, 0.29) is 29.7 Å². The van der Waals surface area contributed by atoms with E-state index in [0.29, 0.717) is 12.3 Å². The molecule has 2 N–H and O–H groups in total. The molecule has 2 rings (SSSR count). The number of non-ortho nitro benzene ring substituents is 1. The Morgan fingerprint density at radius 2 is 1.93 bits per heavy atom. The molecule has 0 radical (unpaired) electrons. The molecular weight excluding hydrogens is 392 g/mol. The van der Waals surface area contributed by atoms with E-state index in [9.17, 15) is 19.7 Å². The molecule has 1 heterocycles. The molecule has 10 heteroatoms. The number of anilines is 1. The van der Waals surface area contributed by atoms with Crippen LogP contribution in [0.3, 0.4) is 0 Å². The fraction of sp³-hybridized carbons (Fsp3) is 0.600. The van der Waals surface area contributed by atoms with Crippen LogP contribution in [0.15, 0.2) is 18.2 Å². The van der Waals surface area contributed by atoms with E-state index in [4.69, 9.17) is 9.47 Å². The van der Waals surface area contributed by atoms with Gasteiger partial charge >= 0.3 is 6.09 Å². The number of ether oxygens (including phenoxy) is 2. The van der Waals surface area contributed by atoms with Gasteiger partial charge in [0.1, 0.15) is 11.4 Å². The molecule has 1 aromatic rings. The number of carbonyl (C=O) groups is 2. The smallest absolute Gasteiger partial charge is 0.407 e. The van der Waals surface area contributed by atoms with Gasteiger partial charge in [-0.2, -0.15) is 0 Å². The topological polar surface area (TPSA) is 123 Å². The van der Waals surface area contributed by atoms with Crippen LogP contribution in [0.5, 0.6) is 5.75 Å². The van der Waals surface area contributed by atoms with Crippen LogP contribution < -0.4 is 15.4 Å². The number of nitro groups is 1. The SMILES string of the molecule is COc1ccc([N+](=O)[O-])cc1NC(=O)CCN1CCC(NC(=O)OC(C)(C)C)CC1. The number of hydrogen-bond donors (Lipinski definition) is 2. The zero-order chi connectivity index (χ0) is 22.3. The fourth-order valence-electron chi connectivity index (χ4n) is 3.15. The van der Waals surface area contributed by atoms with Crippen molar-refractivity contribution in [3.63, 3.8) is 0 Å². The van der Waals surface area contributed by atoms with Crippen LogP contribution in [0.4, 0.5) is 16.2 Å². The van der Waals surface area contributed by atoms with Crippen molar-refractivity contribution < 1.29 is 24.0 Å². The van der Waals surface area contributed by atoms with Crippen molar-refractivity contribution in [3.05, 3.63) is 28.3 Å². The van der Waals surface area contributed by atoms with Gasteiger partial charge in [0, 0.05) is 44.2 Å². The minimum atomic E-state index is -0.528. The van der Waals surface area contributed by atoms with Crippen LogP contribution in [0.25, 0.3) is 0 Å². The maximum absolute atomic E-state index is 12.3. The first-order chi connectivity index (χ1) is 14.1. The minimum Gasteiger partial charge on any atom is -0.495 e. The monoisotopic (exact) mass is 422 g/mol. The Morgan fingerprint density at radius 1 is 1.27 bits per heavy atom. The van der Waals surface area contributed by atoms with Gasteiger partial charge in [0.05, 0.1) is 17.7 Å². The predicted octanol–water partition coefficient (Wildman–Crippen LogP) is 2.92. The maximum Gasteiger partial charge on any atom is 0.407 e. The number of alkyl carbamates (subject to hydrolysis) is 1. The number of amides is 2. The molecule has 0 aromatic heterocycles. The summed E-state index contributed by atoms with van der Waals surface area (Å²) in [5.74, 6) is 0.116. The van der Waals surface area contributed by atoms with Gasteiger partial charge < -0.3 is 25.0 Å². The molecule has 1 aliphatic heterocycles. The van der Waals surface area contributed by atoms with Gasteiger partial charge in [-0.25, -0.2) is 4.79 Å². The largest absolute Gasteiger partial charge is 0.495 e. The molecule has 0 atom stereocenters. The lowest BCUT2D eigenvalue weighted by Crippen LogP contribution is -2.46. The Bertz CT molecular complexity index is 769. The van der Waals surface area contributed by atoms with Crippen molar-refractivity contribution in [3.8, 4) is 5.75 Å². The zero-order valence-corrected chi connectivity index (χ0v) is 17.9. The molecule has 1 aliphatic rings. The summed E-state index contributed by atoms with van der Waals surface area (Å²) in [7, 11) is 1.44. The molecule has 1 aromatic carbocycles. The van der Waals surface area contributed by atoms with Crippen molar-refractivity contribution in [2.45, 2.75) is 51.7 Å². The van der Waals surface area contributed by atoms with Crippen molar-refractivity contribution in [1.29, 1.82) is 0 Å². The van der Waals surface area contributed by atoms with Gasteiger partial charge in [0.25, 0.3) is 5.69 Å². The summed E-state index contributed by atoms with van der Waals surface area (Å²) in [6.07, 6.45) is 1.39. The summed E-state index contributed by atoms with van der Waals surface area (Å²) in [6, 6.07) is 4.11. The molecule has 0 unspecified atom stereocenters. The number of benzene rings is 1. The number of carbonyl (C=O) groups excluding carboxylic acids is 2. The van der Waals surface area contributed by atoms with Crippen LogP contribution in [0.1, 0.15) is 40.0 Å². The number of nitrogens with zero attached hydrogens (tertiary/aromatic N) is 2. The highest BCUT2D eigenvalue weighted by atomic mass is 16.6. The normalized spacial score (nSPS) is 15.3. The summed E-state index contributed by atoms with van der Waals surface area (Å²) in [4.78, 5) is 36.7. The number of nitro benzene ring substituents is 1. The summed E-state index contributed by atoms with van der Waals surface area (Å²) in [5, 5.41) is 16.5. The highest BCUT2D eigenvalue weighted by Crippen LogP contribution is 2.29. The molecular formula is C20H30N4O6. The summed E-state index contributed by atoms with van der Waals surface area (Å²) in [5.41, 5.74) is -0.373. The van der Waals surface area contributed by atoms with Crippen molar-refractivity contribution >= 4 is 23.4 Å². The Balaban J connectivity index is 1.77. The zero-order valence-electron chi connectivity index (χ0n) is 17.9. The van der Waals surface area contributed by atoms with Gasteiger partial charge in [-0.1, -0.05) is 0 Å². The second-order valence-corrected chi connectivity index (χ2v) is 8.20. The van der Waals surface area contributed by atoms with Crippen LogP contribution in [-0.2, 0) is 9.53 Å². The number of methoxy groups -OCH3 is 1. The predicted molar refractivity (Wildman–Crippen MR) is 112 cm³/mol. The molecule has 30 heavy (non-hydrogen) atoms. The quantitative estimate of drug-likeness (QED) is 0.511. The lowest BCUT2D eigenvalue weighted by Gasteiger charge is -2.32. The first kappa shape index (κ1) is 23.4. The highest BCUT2D eigenvalue weighted by Gasteiger charge is 2.24. The minimum absolute atomic E-state index is 0.0547. The maximum atomic E-state index is 12.3. The molecule has 0 bridgehead atoms. The van der Waals surface area contributed by atoms with E-state index in [1.54, 1.807) is 0 Å². The van der Waals surface area contributed by atoms with E-state index in [1.807, 2.05) is 20.8 Å².